The minimum Gasteiger partial charge on any atom is -0.311 e. The predicted octanol–water partition coefficient (Wildman–Crippen LogP) is 2.75. The van der Waals surface area contributed by atoms with Crippen LogP contribution in [0.15, 0.2) is 24.3 Å². The third kappa shape index (κ3) is 3.89. The number of rotatable bonds is 5. The summed E-state index contributed by atoms with van der Waals surface area (Å²) in [5, 5.41) is 2.85. The molecule has 1 fully saturated rings. The van der Waals surface area contributed by atoms with Crippen molar-refractivity contribution in [3.05, 3.63) is 35.4 Å². The number of likely N-dealkylation sites (tertiary alicyclic amines) is 1. The van der Waals surface area contributed by atoms with Gasteiger partial charge in [0.2, 0.25) is 0 Å². The minimum absolute atomic E-state index is 0.0694. The van der Waals surface area contributed by atoms with E-state index in [2.05, 4.69) is 5.32 Å². The maximum absolute atomic E-state index is 12.7. The summed E-state index contributed by atoms with van der Waals surface area (Å²) in [5.74, 6) is -2.61. The summed E-state index contributed by atoms with van der Waals surface area (Å²) in [6, 6.07) is 5.33. The fraction of sp³-hybridized carbons (Fsp3) is 0.538. The van der Waals surface area contributed by atoms with E-state index >= 15 is 0 Å². The zero-order valence-electron chi connectivity index (χ0n) is 10.7. The summed E-state index contributed by atoms with van der Waals surface area (Å²) in [5.41, 5.74) is -0.503. The molecule has 2 nitrogen and oxygen atoms in total. The second kappa shape index (κ2) is 5.65. The number of nitrogens with zero attached hydrogens (tertiary/aromatic N) is 1. The zero-order valence-corrected chi connectivity index (χ0v) is 10.7. The van der Waals surface area contributed by atoms with Crippen LogP contribution in [-0.2, 0) is 12.7 Å². The van der Waals surface area contributed by atoms with Crippen LogP contribution in [-0.4, -0.2) is 37.0 Å². The molecule has 0 aromatic heterocycles. The third-order valence-corrected chi connectivity index (χ3v) is 3.15. The van der Waals surface area contributed by atoms with E-state index in [9.17, 15) is 22.0 Å². The Morgan fingerprint density at radius 1 is 1.15 bits per heavy atom. The van der Waals surface area contributed by atoms with E-state index in [1.165, 1.54) is 12.1 Å². The number of hydrogen-bond acceptors (Lipinski definition) is 2. The highest BCUT2D eigenvalue weighted by Gasteiger charge is 2.43. The van der Waals surface area contributed by atoms with E-state index in [0.717, 1.165) is 6.07 Å². The lowest BCUT2D eigenvalue weighted by atomic mass is 10.1. The van der Waals surface area contributed by atoms with Gasteiger partial charge in [0.1, 0.15) is 0 Å². The Morgan fingerprint density at radius 2 is 1.80 bits per heavy atom. The first kappa shape index (κ1) is 15.2. The van der Waals surface area contributed by atoms with Crippen LogP contribution in [0.3, 0.4) is 0 Å². The van der Waals surface area contributed by atoms with Gasteiger partial charge in [-0.05, 0) is 11.6 Å². The SMILES string of the molecule is FC1(F)CN(CCNCc2ccccc2C(F)(F)F)C1. The second-order valence-electron chi connectivity index (χ2n) is 4.90. The Bertz CT molecular complexity index is 450. The first-order valence-corrected chi connectivity index (χ1v) is 6.24. The van der Waals surface area contributed by atoms with Crippen molar-refractivity contribution >= 4 is 0 Å². The molecule has 1 aromatic rings. The Kier molecular flexibility index (Phi) is 4.29. The molecule has 1 aromatic carbocycles. The van der Waals surface area contributed by atoms with Crippen molar-refractivity contribution in [1.29, 1.82) is 0 Å². The molecule has 1 heterocycles. The molecule has 0 bridgehead atoms. The Labute approximate surface area is 113 Å². The van der Waals surface area contributed by atoms with Crippen LogP contribution in [0.5, 0.6) is 0 Å². The largest absolute Gasteiger partial charge is 0.416 e. The van der Waals surface area contributed by atoms with Gasteiger partial charge in [0.15, 0.2) is 0 Å². The zero-order chi connectivity index (χ0) is 14.8. The number of halogens is 5. The highest BCUT2D eigenvalue weighted by molar-refractivity contribution is 5.29. The summed E-state index contributed by atoms with van der Waals surface area (Å²) in [4.78, 5) is 1.56. The van der Waals surface area contributed by atoms with Crippen molar-refractivity contribution in [2.45, 2.75) is 18.6 Å². The minimum atomic E-state index is -4.38. The van der Waals surface area contributed by atoms with Crippen LogP contribution in [0.4, 0.5) is 22.0 Å². The first-order valence-electron chi connectivity index (χ1n) is 6.24. The maximum Gasteiger partial charge on any atom is 0.416 e. The average molecular weight is 294 g/mol. The first-order chi connectivity index (χ1) is 9.28. The third-order valence-electron chi connectivity index (χ3n) is 3.15. The molecule has 0 aliphatic carbocycles. The molecule has 1 N–H and O–H groups in total. The molecule has 1 aliphatic heterocycles. The lowest BCUT2D eigenvalue weighted by molar-refractivity contribution is -0.138. The van der Waals surface area contributed by atoms with E-state index in [1.54, 1.807) is 11.0 Å². The molecular weight excluding hydrogens is 279 g/mol. The van der Waals surface area contributed by atoms with Crippen LogP contribution >= 0.6 is 0 Å². The van der Waals surface area contributed by atoms with Gasteiger partial charge in [0, 0.05) is 19.6 Å². The van der Waals surface area contributed by atoms with Crippen molar-refractivity contribution in [1.82, 2.24) is 10.2 Å². The topological polar surface area (TPSA) is 15.3 Å². The standard InChI is InChI=1S/C13H15F5N2/c14-12(15)8-20(9-12)6-5-19-7-10-3-1-2-4-11(10)13(16,17)18/h1-4,19H,5-9H2. The summed E-state index contributed by atoms with van der Waals surface area (Å²) in [6.45, 7) is 0.313. The molecule has 2 rings (SSSR count). The molecule has 1 aliphatic rings. The van der Waals surface area contributed by atoms with Gasteiger partial charge < -0.3 is 5.32 Å². The fourth-order valence-electron chi connectivity index (χ4n) is 2.18. The van der Waals surface area contributed by atoms with Gasteiger partial charge in [-0.25, -0.2) is 8.78 Å². The van der Waals surface area contributed by atoms with Crippen LogP contribution in [0.1, 0.15) is 11.1 Å². The van der Waals surface area contributed by atoms with Crippen molar-refractivity contribution in [2.24, 2.45) is 0 Å². The van der Waals surface area contributed by atoms with Crippen molar-refractivity contribution in [2.75, 3.05) is 26.2 Å². The Hall–Kier alpha value is -1.21. The molecule has 7 heteroatoms. The van der Waals surface area contributed by atoms with E-state index in [0.29, 0.717) is 13.1 Å². The lowest BCUT2D eigenvalue weighted by Gasteiger charge is -2.38. The smallest absolute Gasteiger partial charge is 0.311 e. The van der Waals surface area contributed by atoms with Crippen LogP contribution in [0.25, 0.3) is 0 Å². The summed E-state index contributed by atoms with van der Waals surface area (Å²) < 4.78 is 63.3. The summed E-state index contributed by atoms with van der Waals surface area (Å²) in [7, 11) is 0. The number of hydrogen-bond donors (Lipinski definition) is 1. The molecule has 0 spiro atoms. The molecule has 112 valence electrons. The van der Waals surface area contributed by atoms with Crippen LogP contribution < -0.4 is 5.32 Å². The van der Waals surface area contributed by atoms with E-state index < -0.39 is 17.7 Å². The van der Waals surface area contributed by atoms with Gasteiger partial charge in [-0.1, -0.05) is 18.2 Å². The van der Waals surface area contributed by atoms with Crippen LogP contribution in [0, 0.1) is 0 Å². The second-order valence-corrected chi connectivity index (χ2v) is 4.90. The molecule has 0 atom stereocenters. The molecule has 0 saturated carbocycles. The fourth-order valence-corrected chi connectivity index (χ4v) is 2.18. The normalized spacial score (nSPS) is 18.9. The maximum atomic E-state index is 12.7. The Morgan fingerprint density at radius 3 is 2.40 bits per heavy atom. The lowest BCUT2D eigenvalue weighted by Crippen LogP contribution is -2.57. The van der Waals surface area contributed by atoms with Crippen molar-refractivity contribution in [3.63, 3.8) is 0 Å². The summed E-state index contributed by atoms with van der Waals surface area (Å²) in [6.07, 6.45) is -4.38. The number of benzene rings is 1. The number of alkyl halides is 5. The van der Waals surface area contributed by atoms with Gasteiger partial charge in [-0.15, -0.1) is 0 Å². The highest BCUT2D eigenvalue weighted by Crippen LogP contribution is 2.31. The van der Waals surface area contributed by atoms with Gasteiger partial charge >= 0.3 is 6.18 Å². The highest BCUT2D eigenvalue weighted by atomic mass is 19.4. The van der Waals surface area contributed by atoms with Gasteiger partial charge in [-0.2, -0.15) is 13.2 Å². The van der Waals surface area contributed by atoms with E-state index in [1.807, 2.05) is 0 Å². The number of nitrogens with one attached hydrogen (secondary N) is 1. The molecule has 0 unspecified atom stereocenters. The van der Waals surface area contributed by atoms with Gasteiger partial charge in [-0.3, -0.25) is 4.90 Å². The molecule has 1 saturated heterocycles. The predicted molar refractivity (Wildman–Crippen MR) is 64.5 cm³/mol. The van der Waals surface area contributed by atoms with Crippen molar-refractivity contribution in [3.8, 4) is 0 Å². The van der Waals surface area contributed by atoms with E-state index in [-0.39, 0.29) is 25.2 Å². The average Bonchev–Trinajstić information content (AvgIpc) is 2.31. The van der Waals surface area contributed by atoms with Gasteiger partial charge in [0.05, 0.1) is 18.7 Å². The van der Waals surface area contributed by atoms with Crippen LogP contribution in [0.2, 0.25) is 0 Å². The summed E-state index contributed by atoms with van der Waals surface area (Å²) >= 11 is 0. The molecule has 0 radical (unpaired) electrons. The molecule has 20 heavy (non-hydrogen) atoms. The quantitative estimate of drug-likeness (QED) is 0.663. The van der Waals surface area contributed by atoms with Gasteiger partial charge in [0.25, 0.3) is 5.92 Å². The molecular formula is C13H15F5N2. The monoisotopic (exact) mass is 294 g/mol. The Balaban J connectivity index is 1.77. The van der Waals surface area contributed by atoms with E-state index in [4.69, 9.17) is 0 Å². The van der Waals surface area contributed by atoms with Crippen molar-refractivity contribution < 1.29 is 22.0 Å². The molecule has 0 amide bonds.